The van der Waals surface area contributed by atoms with Gasteiger partial charge in [0.05, 0.1) is 20.4 Å². The maximum atomic E-state index is 5.27. The van der Waals surface area contributed by atoms with Crippen molar-refractivity contribution in [3.63, 3.8) is 0 Å². The first kappa shape index (κ1) is 15.5. The molecule has 0 fully saturated rings. The van der Waals surface area contributed by atoms with E-state index in [1.165, 1.54) is 4.79 Å². The number of para-hydroxylation sites is 1. The van der Waals surface area contributed by atoms with E-state index in [1.54, 1.807) is 20.4 Å². The molecule has 8 heteroatoms. The van der Waals surface area contributed by atoms with Gasteiger partial charge in [-0.1, -0.05) is 28.1 Å². The number of benzene rings is 2. The van der Waals surface area contributed by atoms with Crippen molar-refractivity contribution in [1.82, 2.24) is 20.3 Å². The van der Waals surface area contributed by atoms with Gasteiger partial charge in [0.1, 0.15) is 0 Å². The first-order valence-electron chi connectivity index (χ1n) is 7.17. The summed E-state index contributed by atoms with van der Waals surface area (Å²) in [5.41, 5.74) is 1.70. The summed E-state index contributed by atoms with van der Waals surface area (Å²) in [5.74, 6) is 1.70. The number of aromatic nitrogens is 4. The van der Waals surface area contributed by atoms with Crippen LogP contribution in [-0.4, -0.2) is 40.8 Å². The standard InChI is InChI=1S/C16H16N6O2/c1-23-14-9-8-12(10-15(14)24-2)11-17-22-16(19-20-21-22)18-13-6-4-3-5-7-13/h3-11H,1-2H3,(H,18,19,21). The number of ether oxygens (including phenoxy) is 2. The van der Waals surface area contributed by atoms with E-state index in [-0.39, 0.29) is 0 Å². The average molecular weight is 324 g/mol. The molecule has 2 aromatic carbocycles. The van der Waals surface area contributed by atoms with Crippen LogP contribution in [0.5, 0.6) is 11.5 Å². The number of nitrogens with zero attached hydrogens (tertiary/aromatic N) is 5. The van der Waals surface area contributed by atoms with Gasteiger partial charge in [-0.25, -0.2) is 0 Å². The molecule has 0 atom stereocenters. The molecule has 0 bridgehead atoms. The summed E-state index contributed by atoms with van der Waals surface area (Å²) >= 11 is 0. The molecule has 0 aliphatic heterocycles. The average Bonchev–Trinajstić information content (AvgIpc) is 3.07. The van der Waals surface area contributed by atoms with Crippen LogP contribution in [0, 0.1) is 0 Å². The third-order valence-corrected chi connectivity index (χ3v) is 3.21. The van der Waals surface area contributed by atoms with Crippen molar-refractivity contribution in [2.45, 2.75) is 0 Å². The Bertz CT molecular complexity index is 832. The fraction of sp³-hybridized carbons (Fsp3) is 0.125. The lowest BCUT2D eigenvalue weighted by molar-refractivity contribution is 0.355. The smallest absolute Gasteiger partial charge is 0.269 e. The predicted molar refractivity (Wildman–Crippen MR) is 90.1 cm³/mol. The van der Waals surface area contributed by atoms with Gasteiger partial charge in [0, 0.05) is 5.69 Å². The van der Waals surface area contributed by atoms with Crippen molar-refractivity contribution in [3.05, 3.63) is 54.1 Å². The summed E-state index contributed by atoms with van der Waals surface area (Å²) < 4.78 is 10.5. The number of anilines is 2. The van der Waals surface area contributed by atoms with Gasteiger partial charge < -0.3 is 14.8 Å². The first-order chi connectivity index (χ1) is 11.8. The quantitative estimate of drug-likeness (QED) is 0.700. The maximum Gasteiger partial charge on any atom is 0.269 e. The second kappa shape index (κ2) is 7.23. The fourth-order valence-corrected chi connectivity index (χ4v) is 2.04. The number of hydrogen-bond donors (Lipinski definition) is 1. The van der Waals surface area contributed by atoms with Crippen LogP contribution in [0.1, 0.15) is 5.56 Å². The van der Waals surface area contributed by atoms with Crippen molar-refractivity contribution in [2.75, 3.05) is 19.5 Å². The van der Waals surface area contributed by atoms with Gasteiger partial charge in [-0.3, -0.25) is 0 Å². The molecule has 0 aliphatic carbocycles. The number of nitrogens with one attached hydrogen (secondary N) is 1. The molecule has 1 aromatic heterocycles. The van der Waals surface area contributed by atoms with E-state index in [9.17, 15) is 0 Å². The molecule has 8 nitrogen and oxygen atoms in total. The highest BCUT2D eigenvalue weighted by atomic mass is 16.5. The number of methoxy groups -OCH3 is 2. The van der Waals surface area contributed by atoms with Crippen molar-refractivity contribution >= 4 is 17.9 Å². The summed E-state index contributed by atoms with van der Waals surface area (Å²) in [7, 11) is 3.18. The van der Waals surface area contributed by atoms with E-state index in [2.05, 4.69) is 25.9 Å². The Balaban J connectivity index is 1.79. The highest BCUT2D eigenvalue weighted by molar-refractivity contribution is 5.81. The number of tetrazole rings is 1. The summed E-state index contributed by atoms with van der Waals surface area (Å²) in [6, 6.07) is 15.1. The summed E-state index contributed by atoms with van der Waals surface area (Å²) in [4.78, 5) is 1.31. The minimum Gasteiger partial charge on any atom is -0.493 e. The highest BCUT2D eigenvalue weighted by Crippen LogP contribution is 2.26. The van der Waals surface area contributed by atoms with E-state index >= 15 is 0 Å². The molecule has 0 saturated heterocycles. The summed E-state index contributed by atoms with van der Waals surface area (Å²) in [5, 5.41) is 18.8. The molecule has 1 heterocycles. The van der Waals surface area contributed by atoms with Crippen molar-refractivity contribution < 1.29 is 9.47 Å². The van der Waals surface area contributed by atoms with Crippen LogP contribution in [0.2, 0.25) is 0 Å². The molecule has 1 N–H and O–H groups in total. The molecule has 0 radical (unpaired) electrons. The van der Waals surface area contributed by atoms with Crippen LogP contribution in [0.3, 0.4) is 0 Å². The zero-order chi connectivity index (χ0) is 16.8. The van der Waals surface area contributed by atoms with Gasteiger partial charge >= 0.3 is 0 Å². The van der Waals surface area contributed by atoms with Crippen molar-refractivity contribution in [3.8, 4) is 11.5 Å². The lowest BCUT2D eigenvalue weighted by atomic mass is 10.2. The zero-order valence-electron chi connectivity index (χ0n) is 13.2. The van der Waals surface area contributed by atoms with Crippen LogP contribution in [0.15, 0.2) is 53.6 Å². The normalized spacial score (nSPS) is 10.8. The Morgan fingerprint density at radius 1 is 1.04 bits per heavy atom. The molecule has 122 valence electrons. The van der Waals surface area contributed by atoms with Crippen molar-refractivity contribution in [2.24, 2.45) is 5.10 Å². The lowest BCUT2D eigenvalue weighted by Crippen LogP contribution is -2.01. The Morgan fingerprint density at radius 3 is 2.58 bits per heavy atom. The third kappa shape index (κ3) is 3.49. The van der Waals surface area contributed by atoms with Gasteiger partial charge in [0.2, 0.25) is 0 Å². The first-order valence-corrected chi connectivity index (χ1v) is 7.17. The summed E-state index contributed by atoms with van der Waals surface area (Å²) in [6.45, 7) is 0. The minimum absolute atomic E-state index is 0.415. The largest absolute Gasteiger partial charge is 0.493 e. The van der Waals surface area contributed by atoms with Crippen molar-refractivity contribution in [1.29, 1.82) is 0 Å². The van der Waals surface area contributed by atoms with E-state index < -0.39 is 0 Å². The second-order valence-corrected chi connectivity index (χ2v) is 4.74. The van der Waals surface area contributed by atoms with Crippen LogP contribution in [0.4, 0.5) is 11.6 Å². The molecular formula is C16H16N6O2. The molecule has 0 spiro atoms. The van der Waals surface area contributed by atoms with Gasteiger partial charge in [0.25, 0.3) is 5.95 Å². The summed E-state index contributed by atoms with van der Waals surface area (Å²) in [6.07, 6.45) is 1.63. The van der Waals surface area contributed by atoms with Gasteiger partial charge in [-0.2, -0.15) is 5.10 Å². The Labute approximate surface area is 138 Å². The monoisotopic (exact) mass is 324 g/mol. The minimum atomic E-state index is 0.415. The number of rotatable bonds is 6. The maximum absolute atomic E-state index is 5.27. The third-order valence-electron chi connectivity index (χ3n) is 3.21. The van der Waals surface area contributed by atoms with E-state index in [1.807, 2.05) is 48.5 Å². The Hall–Kier alpha value is -3.42. The fourth-order valence-electron chi connectivity index (χ4n) is 2.04. The molecule has 3 aromatic rings. The zero-order valence-corrected chi connectivity index (χ0v) is 13.2. The van der Waals surface area contributed by atoms with E-state index in [0.29, 0.717) is 17.4 Å². The van der Waals surface area contributed by atoms with Gasteiger partial charge in [-0.05, 0) is 46.3 Å². The topological polar surface area (TPSA) is 86.5 Å². The molecule has 3 rings (SSSR count). The Kier molecular flexibility index (Phi) is 4.66. The van der Waals surface area contributed by atoms with Crippen LogP contribution in [0.25, 0.3) is 0 Å². The molecule has 24 heavy (non-hydrogen) atoms. The molecule has 0 amide bonds. The van der Waals surface area contributed by atoms with Crippen LogP contribution >= 0.6 is 0 Å². The highest BCUT2D eigenvalue weighted by Gasteiger charge is 2.06. The second-order valence-electron chi connectivity index (χ2n) is 4.74. The number of hydrogen-bond acceptors (Lipinski definition) is 7. The lowest BCUT2D eigenvalue weighted by Gasteiger charge is -2.07. The van der Waals surface area contributed by atoms with Gasteiger partial charge in [-0.15, -0.1) is 0 Å². The SMILES string of the molecule is COc1ccc(C=Nn2nnnc2Nc2ccccc2)cc1OC. The van der Waals surface area contributed by atoms with Gasteiger partial charge in [0.15, 0.2) is 11.5 Å². The molecule has 0 aliphatic rings. The molecule has 0 saturated carbocycles. The van der Waals surface area contributed by atoms with Crippen LogP contribution in [-0.2, 0) is 0 Å². The van der Waals surface area contributed by atoms with E-state index in [0.717, 1.165) is 11.3 Å². The predicted octanol–water partition coefficient (Wildman–Crippen LogP) is 2.32. The molecule has 0 unspecified atom stereocenters. The van der Waals surface area contributed by atoms with Crippen LogP contribution < -0.4 is 14.8 Å². The molecular weight excluding hydrogens is 308 g/mol. The Morgan fingerprint density at radius 2 is 1.83 bits per heavy atom. The van der Waals surface area contributed by atoms with E-state index in [4.69, 9.17) is 9.47 Å².